The fraction of sp³-hybridized carbons (Fsp3) is 0.300. The lowest BCUT2D eigenvalue weighted by molar-refractivity contribution is -0.124. The molecule has 1 unspecified atom stereocenters. The highest BCUT2D eigenvalue weighted by Gasteiger charge is 2.35. The number of aryl methyl sites for hydroxylation is 2. The van der Waals surface area contributed by atoms with Crippen LogP contribution in [0.4, 0.5) is 11.4 Å². The molecule has 2 aliphatic rings. The Morgan fingerprint density at radius 1 is 1.21 bits per heavy atom. The average Bonchev–Trinajstić information content (AvgIpc) is 2.59. The van der Waals surface area contributed by atoms with Crippen LogP contribution >= 0.6 is 0 Å². The van der Waals surface area contributed by atoms with Gasteiger partial charge in [0, 0.05) is 24.3 Å². The molecule has 1 atom stereocenters. The van der Waals surface area contributed by atoms with Crippen molar-refractivity contribution in [1.29, 1.82) is 0 Å². The molecule has 0 aromatic heterocycles. The molecule has 0 spiro atoms. The first-order valence-electron chi connectivity index (χ1n) is 8.43. The van der Waals surface area contributed by atoms with E-state index in [0.717, 1.165) is 36.3 Å². The first-order valence-corrected chi connectivity index (χ1v) is 8.43. The zero-order valence-corrected chi connectivity index (χ0v) is 13.7. The van der Waals surface area contributed by atoms with Gasteiger partial charge in [-0.3, -0.25) is 9.59 Å². The molecule has 1 N–H and O–H groups in total. The number of nitrogens with zero attached hydrogens (tertiary/aromatic N) is 1. The van der Waals surface area contributed by atoms with Crippen LogP contribution < -0.4 is 10.2 Å². The molecule has 0 saturated carbocycles. The van der Waals surface area contributed by atoms with Crippen LogP contribution in [-0.4, -0.2) is 18.4 Å². The molecule has 4 rings (SSSR count). The zero-order chi connectivity index (χ0) is 16.7. The van der Waals surface area contributed by atoms with Gasteiger partial charge < -0.3 is 10.2 Å². The summed E-state index contributed by atoms with van der Waals surface area (Å²) in [6.07, 6.45) is 2.18. The lowest BCUT2D eigenvalue weighted by Gasteiger charge is -2.34. The van der Waals surface area contributed by atoms with Gasteiger partial charge in [-0.05, 0) is 43.0 Å². The van der Waals surface area contributed by atoms with E-state index in [1.165, 1.54) is 11.1 Å². The number of amides is 2. The predicted molar refractivity (Wildman–Crippen MR) is 94.3 cm³/mol. The SMILES string of the molecule is Cc1ccc2c(c1)CCCN2C(=O)C1CC(=O)Nc2ccccc21. The van der Waals surface area contributed by atoms with Crippen molar-refractivity contribution in [2.24, 2.45) is 0 Å². The fourth-order valence-electron chi connectivity index (χ4n) is 3.77. The summed E-state index contributed by atoms with van der Waals surface area (Å²) >= 11 is 0. The molecule has 2 heterocycles. The van der Waals surface area contributed by atoms with Gasteiger partial charge >= 0.3 is 0 Å². The summed E-state index contributed by atoms with van der Waals surface area (Å²) in [5.74, 6) is -0.461. The molecular formula is C20H20N2O2. The molecule has 2 aromatic rings. The van der Waals surface area contributed by atoms with Gasteiger partial charge in [0.25, 0.3) is 0 Å². The molecule has 2 aromatic carbocycles. The van der Waals surface area contributed by atoms with Crippen molar-refractivity contribution in [2.75, 3.05) is 16.8 Å². The molecule has 0 aliphatic carbocycles. The van der Waals surface area contributed by atoms with E-state index in [1.54, 1.807) is 0 Å². The van der Waals surface area contributed by atoms with Crippen molar-refractivity contribution >= 4 is 23.2 Å². The predicted octanol–water partition coefficient (Wildman–Crippen LogP) is 3.40. The summed E-state index contributed by atoms with van der Waals surface area (Å²) < 4.78 is 0. The Morgan fingerprint density at radius 3 is 2.92 bits per heavy atom. The Labute approximate surface area is 141 Å². The van der Waals surface area contributed by atoms with Gasteiger partial charge in [-0.25, -0.2) is 0 Å². The number of hydrogen-bond acceptors (Lipinski definition) is 2. The molecular weight excluding hydrogens is 300 g/mol. The molecule has 4 nitrogen and oxygen atoms in total. The molecule has 0 radical (unpaired) electrons. The number of fused-ring (bicyclic) bond motifs is 2. The lowest BCUT2D eigenvalue weighted by atomic mass is 9.88. The second-order valence-corrected chi connectivity index (χ2v) is 6.62. The van der Waals surface area contributed by atoms with Crippen molar-refractivity contribution in [1.82, 2.24) is 0 Å². The number of benzene rings is 2. The molecule has 24 heavy (non-hydrogen) atoms. The number of nitrogens with one attached hydrogen (secondary N) is 1. The van der Waals surface area contributed by atoms with Crippen LogP contribution in [0.2, 0.25) is 0 Å². The van der Waals surface area contributed by atoms with Crippen molar-refractivity contribution in [3.63, 3.8) is 0 Å². The van der Waals surface area contributed by atoms with E-state index in [2.05, 4.69) is 18.3 Å². The van der Waals surface area contributed by atoms with Gasteiger partial charge in [0.2, 0.25) is 11.8 Å². The van der Waals surface area contributed by atoms with Crippen molar-refractivity contribution in [3.05, 3.63) is 59.2 Å². The monoisotopic (exact) mass is 320 g/mol. The lowest BCUT2D eigenvalue weighted by Crippen LogP contribution is -2.41. The van der Waals surface area contributed by atoms with Crippen LogP contribution in [0.15, 0.2) is 42.5 Å². The topological polar surface area (TPSA) is 49.4 Å². The quantitative estimate of drug-likeness (QED) is 0.875. The molecule has 2 aliphatic heterocycles. The smallest absolute Gasteiger partial charge is 0.235 e. The maximum absolute atomic E-state index is 13.3. The molecule has 122 valence electrons. The average molecular weight is 320 g/mol. The van der Waals surface area contributed by atoms with E-state index in [9.17, 15) is 9.59 Å². The summed E-state index contributed by atoms with van der Waals surface area (Å²) in [5, 5.41) is 2.86. The van der Waals surface area contributed by atoms with E-state index >= 15 is 0 Å². The van der Waals surface area contributed by atoms with Gasteiger partial charge in [0.05, 0.1) is 5.92 Å². The minimum absolute atomic E-state index is 0.0297. The number of hydrogen-bond donors (Lipinski definition) is 1. The second kappa shape index (κ2) is 5.78. The minimum Gasteiger partial charge on any atom is -0.326 e. The van der Waals surface area contributed by atoms with E-state index in [1.807, 2.05) is 41.3 Å². The zero-order valence-electron chi connectivity index (χ0n) is 13.7. The summed E-state index contributed by atoms with van der Waals surface area (Å²) in [6.45, 7) is 2.79. The van der Waals surface area contributed by atoms with E-state index in [0.29, 0.717) is 0 Å². The maximum atomic E-state index is 13.3. The van der Waals surface area contributed by atoms with Crippen LogP contribution in [0.5, 0.6) is 0 Å². The Kier molecular flexibility index (Phi) is 3.60. The number of anilines is 2. The third-order valence-corrected chi connectivity index (χ3v) is 4.92. The maximum Gasteiger partial charge on any atom is 0.235 e. The fourth-order valence-corrected chi connectivity index (χ4v) is 3.77. The minimum atomic E-state index is -0.401. The first-order chi connectivity index (χ1) is 11.6. The summed E-state index contributed by atoms with van der Waals surface area (Å²) in [5.41, 5.74) is 5.11. The van der Waals surface area contributed by atoms with E-state index in [-0.39, 0.29) is 18.2 Å². The summed E-state index contributed by atoms with van der Waals surface area (Å²) in [4.78, 5) is 27.2. The van der Waals surface area contributed by atoms with E-state index in [4.69, 9.17) is 0 Å². The van der Waals surface area contributed by atoms with Gasteiger partial charge in [-0.2, -0.15) is 0 Å². The van der Waals surface area contributed by atoms with Gasteiger partial charge in [-0.15, -0.1) is 0 Å². The Hall–Kier alpha value is -2.62. The van der Waals surface area contributed by atoms with Crippen molar-refractivity contribution in [2.45, 2.75) is 32.1 Å². The second-order valence-electron chi connectivity index (χ2n) is 6.62. The highest BCUT2D eigenvalue weighted by atomic mass is 16.2. The molecule has 0 bridgehead atoms. The number of para-hydroxylation sites is 1. The van der Waals surface area contributed by atoms with Crippen LogP contribution in [0.25, 0.3) is 0 Å². The standard InChI is InChI=1S/C20H20N2O2/c1-13-8-9-18-14(11-13)5-4-10-22(18)20(24)16-12-19(23)21-17-7-3-2-6-15(16)17/h2-3,6-9,11,16H,4-5,10,12H2,1H3,(H,21,23). The summed E-state index contributed by atoms with van der Waals surface area (Å²) in [7, 11) is 0. The highest BCUT2D eigenvalue weighted by Crippen LogP contribution is 2.36. The molecule has 0 saturated heterocycles. The molecule has 2 amide bonds. The van der Waals surface area contributed by atoms with Crippen LogP contribution in [0, 0.1) is 6.92 Å². The number of carbonyl (C=O) groups is 2. The highest BCUT2D eigenvalue weighted by molar-refractivity contribution is 6.06. The van der Waals surface area contributed by atoms with Crippen LogP contribution in [-0.2, 0) is 16.0 Å². The van der Waals surface area contributed by atoms with Gasteiger partial charge in [0.15, 0.2) is 0 Å². The van der Waals surface area contributed by atoms with Gasteiger partial charge in [0.1, 0.15) is 0 Å². The molecule has 0 fully saturated rings. The van der Waals surface area contributed by atoms with Gasteiger partial charge in [-0.1, -0.05) is 35.9 Å². The Morgan fingerprint density at radius 2 is 2.04 bits per heavy atom. The van der Waals surface area contributed by atoms with Crippen molar-refractivity contribution < 1.29 is 9.59 Å². The Balaban J connectivity index is 1.72. The van der Waals surface area contributed by atoms with Crippen LogP contribution in [0.3, 0.4) is 0 Å². The third kappa shape index (κ3) is 2.48. The Bertz CT molecular complexity index is 828. The third-order valence-electron chi connectivity index (χ3n) is 4.92. The first kappa shape index (κ1) is 14.9. The number of carbonyl (C=O) groups excluding carboxylic acids is 2. The largest absolute Gasteiger partial charge is 0.326 e. The number of rotatable bonds is 1. The van der Waals surface area contributed by atoms with Crippen LogP contribution in [0.1, 0.15) is 35.4 Å². The normalized spacial score (nSPS) is 19.3. The molecule has 4 heteroatoms. The summed E-state index contributed by atoms with van der Waals surface area (Å²) in [6, 6.07) is 13.9. The van der Waals surface area contributed by atoms with Crippen molar-refractivity contribution in [3.8, 4) is 0 Å². The van der Waals surface area contributed by atoms with E-state index < -0.39 is 5.92 Å².